The molecule has 2 saturated heterocycles. The molecule has 2 heterocycles. The van der Waals surface area contributed by atoms with Gasteiger partial charge in [-0.3, -0.25) is 9.69 Å². The number of hydrogen-bond acceptors (Lipinski definition) is 3. The molecule has 0 aliphatic carbocycles. The Morgan fingerprint density at radius 1 is 1.25 bits per heavy atom. The lowest BCUT2D eigenvalue weighted by atomic mass is 10.1. The van der Waals surface area contributed by atoms with Crippen LogP contribution in [0.15, 0.2) is 0 Å². The SMILES string of the molecule is CC(=O)CCC(=O)NC1CCN2CCCC12. The first-order chi connectivity index (χ1) is 7.66. The zero-order valence-corrected chi connectivity index (χ0v) is 9.87. The number of nitrogens with zero attached hydrogens (tertiary/aromatic N) is 1. The van der Waals surface area contributed by atoms with E-state index in [-0.39, 0.29) is 11.7 Å². The molecule has 0 aromatic carbocycles. The van der Waals surface area contributed by atoms with Gasteiger partial charge in [-0.05, 0) is 32.7 Å². The van der Waals surface area contributed by atoms with Crippen LogP contribution in [0.5, 0.6) is 0 Å². The summed E-state index contributed by atoms with van der Waals surface area (Å²) in [7, 11) is 0. The van der Waals surface area contributed by atoms with Gasteiger partial charge in [-0.1, -0.05) is 0 Å². The lowest BCUT2D eigenvalue weighted by Gasteiger charge is -2.21. The van der Waals surface area contributed by atoms with E-state index in [1.54, 1.807) is 0 Å². The largest absolute Gasteiger partial charge is 0.352 e. The van der Waals surface area contributed by atoms with Crippen molar-refractivity contribution in [2.75, 3.05) is 13.1 Å². The van der Waals surface area contributed by atoms with Gasteiger partial charge in [0.25, 0.3) is 0 Å². The highest BCUT2D eigenvalue weighted by molar-refractivity contribution is 5.83. The van der Waals surface area contributed by atoms with Crippen LogP contribution in [0, 0.1) is 0 Å². The van der Waals surface area contributed by atoms with E-state index in [1.807, 2.05) is 0 Å². The van der Waals surface area contributed by atoms with Crippen LogP contribution in [0.2, 0.25) is 0 Å². The Kier molecular flexibility index (Phi) is 3.59. The van der Waals surface area contributed by atoms with Crippen LogP contribution in [0.25, 0.3) is 0 Å². The molecule has 2 rings (SSSR count). The first kappa shape index (κ1) is 11.6. The molecule has 1 amide bonds. The summed E-state index contributed by atoms with van der Waals surface area (Å²) >= 11 is 0. The van der Waals surface area contributed by atoms with Crippen molar-refractivity contribution in [2.24, 2.45) is 0 Å². The number of fused-ring (bicyclic) bond motifs is 1. The van der Waals surface area contributed by atoms with E-state index >= 15 is 0 Å². The molecule has 4 heteroatoms. The zero-order chi connectivity index (χ0) is 11.5. The molecule has 0 saturated carbocycles. The summed E-state index contributed by atoms with van der Waals surface area (Å²) in [5.74, 6) is 0.123. The standard InChI is InChI=1S/C12H20N2O2/c1-9(15)4-5-12(16)13-10-6-8-14-7-2-3-11(10)14/h10-11H,2-8H2,1H3,(H,13,16). The summed E-state index contributed by atoms with van der Waals surface area (Å²) in [6.07, 6.45) is 4.24. The number of rotatable bonds is 4. The van der Waals surface area contributed by atoms with Crippen molar-refractivity contribution in [1.82, 2.24) is 10.2 Å². The van der Waals surface area contributed by atoms with Crippen molar-refractivity contribution in [1.29, 1.82) is 0 Å². The van der Waals surface area contributed by atoms with Crippen LogP contribution in [0.3, 0.4) is 0 Å². The lowest BCUT2D eigenvalue weighted by molar-refractivity contribution is -0.125. The minimum Gasteiger partial charge on any atom is -0.352 e. The average Bonchev–Trinajstić information content (AvgIpc) is 2.80. The molecule has 0 bridgehead atoms. The molecule has 0 radical (unpaired) electrons. The molecule has 2 aliphatic heterocycles. The highest BCUT2D eigenvalue weighted by atomic mass is 16.2. The molecule has 2 aliphatic rings. The van der Waals surface area contributed by atoms with Crippen molar-refractivity contribution in [3.05, 3.63) is 0 Å². The van der Waals surface area contributed by atoms with E-state index < -0.39 is 0 Å². The minimum atomic E-state index is 0.0361. The van der Waals surface area contributed by atoms with E-state index in [4.69, 9.17) is 0 Å². The fourth-order valence-electron chi connectivity index (χ4n) is 2.82. The van der Waals surface area contributed by atoms with Crippen LogP contribution in [-0.2, 0) is 9.59 Å². The quantitative estimate of drug-likeness (QED) is 0.765. The Hall–Kier alpha value is -0.900. The third-order valence-corrected chi connectivity index (χ3v) is 3.66. The Balaban J connectivity index is 1.77. The first-order valence-electron chi connectivity index (χ1n) is 6.19. The smallest absolute Gasteiger partial charge is 0.220 e. The van der Waals surface area contributed by atoms with Gasteiger partial charge in [0.05, 0.1) is 0 Å². The number of carbonyl (C=O) groups is 2. The molecular formula is C12H20N2O2. The summed E-state index contributed by atoms with van der Waals surface area (Å²) in [4.78, 5) is 24.9. The predicted molar refractivity (Wildman–Crippen MR) is 61.1 cm³/mol. The van der Waals surface area contributed by atoms with Crippen LogP contribution in [0.1, 0.15) is 39.0 Å². The van der Waals surface area contributed by atoms with Gasteiger partial charge in [0, 0.05) is 31.5 Å². The van der Waals surface area contributed by atoms with E-state index in [2.05, 4.69) is 10.2 Å². The van der Waals surface area contributed by atoms with Gasteiger partial charge in [-0.25, -0.2) is 0 Å². The Labute approximate surface area is 96.4 Å². The van der Waals surface area contributed by atoms with Gasteiger partial charge >= 0.3 is 0 Å². The molecule has 2 atom stereocenters. The van der Waals surface area contributed by atoms with Gasteiger partial charge in [-0.15, -0.1) is 0 Å². The summed E-state index contributed by atoms with van der Waals surface area (Å²) in [5.41, 5.74) is 0. The van der Waals surface area contributed by atoms with Crippen molar-refractivity contribution < 1.29 is 9.59 Å². The lowest BCUT2D eigenvalue weighted by Crippen LogP contribution is -2.42. The highest BCUT2D eigenvalue weighted by Gasteiger charge is 2.37. The molecule has 4 nitrogen and oxygen atoms in total. The van der Waals surface area contributed by atoms with Gasteiger partial charge in [0.15, 0.2) is 0 Å². The maximum atomic E-state index is 11.6. The van der Waals surface area contributed by atoms with Gasteiger partial charge < -0.3 is 10.1 Å². The van der Waals surface area contributed by atoms with Gasteiger partial charge in [0.1, 0.15) is 5.78 Å². The van der Waals surface area contributed by atoms with E-state index in [9.17, 15) is 9.59 Å². The highest BCUT2D eigenvalue weighted by Crippen LogP contribution is 2.27. The monoisotopic (exact) mass is 224 g/mol. The third kappa shape index (κ3) is 2.61. The van der Waals surface area contributed by atoms with E-state index in [1.165, 1.54) is 26.3 Å². The maximum Gasteiger partial charge on any atom is 0.220 e. The minimum absolute atomic E-state index is 0.0361. The van der Waals surface area contributed by atoms with Crippen LogP contribution in [-0.4, -0.2) is 41.8 Å². The number of amides is 1. The Bertz CT molecular complexity index is 291. The second-order valence-electron chi connectivity index (χ2n) is 4.91. The summed E-state index contributed by atoms with van der Waals surface area (Å²) < 4.78 is 0. The predicted octanol–water partition coefficient (Wildman–Crippen LogP) is 0.708. The molecule has 2 fully saturated rings. The van der Waals surface area contributed by atoms with Crippen molar-refractivity contribution in [3.63, 3.8) is 0 Å². The fraction of sp³-hybridized carbons (Fsp3) is 0.833. The molecule has 0 aromatic rings. The molecule has 2 unspecified atom stereocenters. The van der Waals surface area contributed by atoms with Crippen LogP contribution in [0.4, 0.5) is 0 Å². The van der Waals surface area contributed by atoms with Gasteiger partial charge in [0.2, 0.25) is 5.91 Å². The summed E-state index contributed by atoms with van der Waals surface area (Å²) in [6.45, 7) is 3.83. The third-order valence-electron chi connectivity index (χ3n) is 3.66. The Morgan fingerprint density at radius 2 is 2.06 bits per heavy atom. The molecule has 16 heavy (non-hydrogen) atoms. The van der Waals surface area contributed by atoms with Gasteiger partial charge in [-0.2, -0.15) is 0 Å². The number of ketones is 1. The molecule has 0 aromatic heterocycles. The first-order valence-corrected chi connectivity index (χ1v) is 6.19. The van der Waals surface area contributed by atoms with E-state index in [0.717, 1.165) is 13.0 Å². The molecule has 1 N–H and O–H groups in total. The summed E-state index contributed by atoms with van der Waals surface area (Å²) in [6, 6.07) is 0.878. The Morgan fingerprint density at radius 3 is 2.81 bits per heavy atom. The van der Waals surface area contributed by atoms with Crippen molar-refractivity contribution >= 4 is 11.7 Å². The molecular weight excluding hydrogens is 204 g/mol. The maximum absolute atomic E-state index is 11.6. The zero-order valence-electron chi connectivity index (χ0n) is 9.87. The van der Waals surface area contributed by atoms with E-state index in [0.29, 0.717) is 24.9 Å². The van der Waals surface area contributed by atoms with Crippen molar-refractivity contribution in [2.45, 2.75) is 51.1 Å². The number of Topliss-reactive ketones (excluding diaryl/α,β-unsaturated/α-hetero) is 1. The topological polar surface area (TPSA) is 49.4 Å². The average molecular weight is 224 g/mol. The fourth-order valence-corrected chi connectivity index (χ4v) is 2.82. The molecule has 90 valence electrons. The normalized spacial score (nSPS) is 29.1. The van der Waals surface area contributed by atoms with Crippen LogP contribution < -0.4 is 5.32 Å². The molecule has 0 spiro atoms. The second kappa shape index (κ2) is 4.95. The number of nitrogens with one attached hydrogen (secondary N) is 1. The summed E-state index contributed by atoms with van der Waals surface area (Å²) in [5, 5.41) is 3.07. The number of hydrogen-bond donors (Lipinski definition) is 1. The van der Waals surface area contributed by atoms with Crippen molar-refractivity contribution in [3.8, 4) is 0 Å². The number of carbonyl (C=O) groups excluding carboxylic acids is 2. The second-order valence-corrected chi connectivity index (χ2v) is 4.91. The van der Waals surface area contributed by atoms with Crippen LogP contribution >= 0.6 is 0 Å².